The van der Waals surface area contributed by atoms with Crippen molar-refractivity contribution in [2.75, 3.05) is 0 Å². The number of hydrogen-bond donors (Lipinski definition) is 2. The summed E-state index contributed by atoms with van der Waals surface area (Å²) in [6.07, 6.45) is 0. The van der Waals surface area contributed by atoms with Gasteiger partial charge in [0.2, 0.25) is 0 Å². The summed E-state index contributed by atoms with van der Waals surface area (Å²) < 4.78 is 1.06. The minimum atomic E-state index is 1.06. The number of fused-ring (bicyclic) bond motifs is 1. The number of thiophene rings is 1. The molecule has 0 aliphatic carbocycles. The second kappa shape index (κ2) is 3.68. The fraction of sp³-hybridized carbons (Fsp3) is 0.0769. The van der Waals surface area contributed by atoms with E-state index in [9.17, 15) is 0 Å². The summed E-state index contributed by atoms with van der Waals surface area (Å²) >= 11 is 6.06. The highest BCUT2D eigenvalue weighted by molar-refractivity contribution is 7.83. The van der Waals surface area contributed by atoms with Gasteiger partial charge in [0.15, 0.2) is 0 Å². The zero-order valence-electron chi connectivity index (χ0n) is 8.82. The number of hydrogen-bond acceptors (Lipinski definition) is 2. The molecule has 0 amide bonds. The molecule has 0 unspecified atom stereocenters. The lowest BCUT2D eigenvalue weighted by atomic mass is 10.1. The number of H-pyrrole nitrogens is 1. The summed E-state index contributed by atoms with van der Waals surface area (Å²) in [5.74, 6) is 0. The monoisotopic (exact) mass is 245 g/mol. The Morgan fingerprint density at radius 2 is 2.00 bits per heavy atom. The molecule has 3 rings (SSSR count). The molecule has 0 atom stereocenters. The Kier molecular flexibility index (Phi) is 2.30. The molecule has 3 aromatic rings. The first-order valence-electron chi connectivity index (χ1n) is 5.11. The van der Waals surface area contributed by atoms with E-state index in [0.29, 0.717) is 0 Å². The van der Waals surface area contributed by atoms with Gasteiger partial charge >= 0.3 is 0 Å². The predicted octanol–water partition coefficient (Wildman–Crippen LogP) is 4.49. The third-order valence-electron chi connectivity index (χ3n) is 2.63. The van der Waals surface area contributed by atoms with Crippen molar-refractivity contribution in [1.82, 2.24) is 4.98 Å². The minimum absolute atomic E-state index is 1.06. The van der Waals surface area contributed by atoms with Crippen LogP contribution in [0, 0.1) is 6.92 Å². The Hall–Kier alpha value is -1.19. The molecular formula is C13H11NS2. The van der Waals surface area contributed by atoms with Gasteiger partial charge in [0.05, 0.1) is 4.21 Å². The van der Waals surface area contributed by atoms with Crippen molar-refractivity contribution in [3.8, 4) is 10.4 Å². The molecular weight excluding hydrogens is 234 g/mol. The highest BCUT2D eigenvalue weighted by Crippen LogP contribution is 2.31. The summed E-state index contributed by atoms with van der Waals surface area (Å²) in [4.78, 5) is 4.60. The quantitative estimate of drug-likeness (QED) is 0.587. The standard InChI is InChI=1S/C13H11NS2/c1-8-6-10-7-9(2-3-11(10)14-8)12-4-5-13(15)16-12/h2-7,14-15H,1H3. The van der Waals surface area contributed by atoms with Crippen molar-refractivity contribution in [3.63, 3.8) is 0 Å². The zero-order chi connectivity index (χ0) is 11.1. The summed E-state index contributed by atoms with van der Waals surface area (Å²) in [7, 11) is 0. The van der Waals surface area contributed by atoms with E-state index in [-0.39, 0.29) is 0 Å². The lowest BCUT2D eigenvalue weighted by Crippen LogP contribution is -1.72. The van der Waals surface area contributed by atoms with Gasteiger partial charge in [-0.15, -0.1) is 24.0 Å². The van der Waals surface area contributed by atoms with Gasteiger partial charge in [-0.1, -0.05) is 6.07 Å². The molecule has 2 heterocycles. The summed E-state index contributed by atoms with van der Waals surface area (Å²) in [6.45, 7) is 2.08. The van der Waals surface area contributed by atoms with Crippen LogP contribution in [0.5, 0.6) is 0 Å². The van der Waals surface area contributed by atoms with Gasteiger partial charge < -0.3 is 4.98 Å². The van der Waals surface area contributed by atoms with E-state index in [2.05, 4.69) is 54.9 Å². The first-order valence-corrected chi connectivity index (χ1v) is 6.37. The van der Waals surface area contributed by atoms with Crippen molar-refractivity contribution in [2.45, 2.75) is 11.1 Å². The molecule has 0 spiro atoms. The van der Waals surface area contributed by atoms with Crippen LogP contribution in [0.4, 0.5) is 0 Å². The number of aromatic amines is 1. The third-order valence-corrected chi connectivity index (χ3v) is 3.99. The summed E-state index contributed by atoms with van der Waals surface area (Å²) in [5.41, 5.74) is 3.66. The van der Waals surface area contributed by atoms with Crippen LogP contribution < -0.4 is 0 Å². The molecule has 0 saturated heterocycles. The van der Waals surface area contributed by atoms with Gasteiger partial charge in [-0.05, 0) is 42.8 Å². The molecule has 80 valence electrons. The maximum atomic E-state index is 4.35. The fourth-order valence-corrected chi connectivity index (χ4v) is 3.03. The van der Waals surface area contributed by atoms with E-state index in [1.807, 2.05) is 6.07 Å². The third kappa shape index (κ3) is 1.66. The van der Waals surface area contributed by atoms with Crippen LogP contribution in [0.15, 0.2) is 40.6 Å². The Morgan fingerprint density at radius 3 is 2.75 bits per heavy atom. The Balaban J connectivity index is 2.17. The van der Waals surface area contributed by atoms with E-state index < -0.39 is 0 Å². The molecule has 0 aliphatic rings. The molecule has 3 heteroatoms. The molecule has 1 N–H and O–H groups in total. The molecule has 2 aromatic heterocycles. The van der Waals surface area contributed by atoms with E-state index in [0.717, 1.165) is 4.21 Å². The lowest BCUT2D eigenvalue weighted by Gasteiger charge is -1.97. The molecule has 0 fully saturated rings. The minimum Gasteiger partial charge on any atom is -0.359 e. The molecule has 0 saturated carbocycles. The lowest BCUT2D eigenvalue weighted by molar-refractivity contribution is 1.30. The first kappa shape index (κ1) is 10.00. The first-order chi connectivity index (χ1) is 7.72. The van der Waals surface area contributed by atoms with E-state index in [4.69, 9.17) is 0 Å². The number of thiol groups is 1. The SMILES string of the molecule is Cc1cc2cc(-c3ccc(S)s3)ccc2[nH]1. The van der Waals surface area contributed by atoms with Gasteiger partial charge in [0.1, 0.15) is 0 Å². The Labute approximate surface area is 104 Å². The number of aryl methyl sites for hydroxylation is 1. The molecule has 16 heavy (non-hydrogen) atoms. The normalized spacial score (nSPS) is 11.1. The van der Waals surface area contributed by atoms with Gasteiger partial charge in [0, 0.05) is 21.5 Å². The van der Waals surface area contributed by atoms with Crippen LogP contribution in [0.25, 0.3) is 21.3 Å². The average molecular weight is 245 g/mol. The van der Waals surface area contributed by atoms with Crippen LogP contribution in [0.1, 0.15) is 5.69 Å². The fourth-order valence-electron chi connectivity index (χ4n) is 1.91. The predicted molar refractivity (Wildman–Crippen MR) is 73.6 cm³/mol. The second-order valence-electron chi connectivity index (χ2n) is 3.89. The smallest absolute Gasteiger partial charge is 0.0574 e. The molecule has 1 aromatic carbocycles. The van der Waals surface area contributed by atoms with Crippen molar-refractivity contribution in [2.24, 2.45) is 0 Å². The van der Waals surface area contributed by atoms with E-state index in [1.54, 1.807) is 11.3 Å². The number of aromatic nitrogens is 1. The van der Waals surface area contributed by atoms with Gasteiger partial charge in [-0.3, -0.25) is 0 Å². The van der Waals surface area contributed by atoms with Gasteiger partial charge in [-0.25, -0.2) is 0 Å². The number of nitrogens with one attached hydrogen (secondary N) is 1. The van der Waals surface area contributed by atoms with Gasteiger partial charge in [0.25, 0.3) is 0 Å². The molecule has 0 bridgehead atoms. The largest absolute Gasteiger partial charge is 0.359 e. The Bertz CT molecular complexity index is 649. The number of benzene rings is 1. The average Bonchev–Trinajstić information content (AvgIpc) is 2.81. The van der Waals surface area contributed by atoms with Crippen molar-refractivity contribution in [1.29, 1.82) is 0 Å². The van der Waals surface area contributed by atoms with E-state index >= 15 is 0 Å². The maximum absolute atomic E-state index is 4.35. The highest BCUT2D eigenvalue weighted by Gasteiger charge is 2.03. The summed E-state index contributed by atoms with van der Waals surface area (Å²) in [6, 6.07) is 12.8. The topological polar surface area (TPSA) is 15.8 Å². The van der Waals surface area contributed by atoms with Crippen LogP contribution in [-0.2, 0) is 0 Å². The summed E-state index contributed by atoms with van der Waals surface area (Å²) in [5, 5.41) is 1.27. The van der Waals surface area contributed by atoms with Crippen LogP contribution >= 0.6 is 24.0 Å². The van der Waals surface area contributed by atoms with Crippen LogP contribution in [0.2, 0.25) is 0 Å². The van der Waals surface area contributed by atoms with Gasteiger partial charge in [-0.2, -0.15) is 0 Å². The molecule has 0 radical (unpaired) electrons. The van der Waals surface area contributed by atoms with Crippen molar-refractivity contribution < 1.29 is 0 Å². The number of rotatable bonds is 1. The van der Waals surface area contributed by atoms with Crippen molar-refractivity contribution >= 4 is 34.9 Å². The van der Waals surface area contributed by atoms with Crippen molar-refractivity contribution in [3.05, 3.63) is 42.1 Å². The second-order valence-corrected chi connectivity index (χ2v) is 5.76. The maximum Gasteiger partial charge on any atom is 0.0574 e. The highest BCUT2D eigenvalue weighted by atomic mass is 32.2. The Morgan fingerprint density at radius 1 is 1.12 bits per heavy atom. The van der Waals surface area contributed by atoms with Crippen LogP contribution in [0.3, 0.4) is 0 Å². The van der Waals surface area contributed by atoms with Crippen LogP contribution in [-0.4, -0.2) is 4.98 Å². The molecule has 1 nitrogen and oxygen atoms in total. The van der Waals surface area contributed by atoms with E-state index in [1.165, 1.54) is 27.0 Å². The molecule has 0 aliphatic heterocycles. The zero-order valence-corrected chi connectivity index (χ0v) is 10.5.